The highest BCUT2D eigenvalue weighted by Gasteiger charge is 2.28. The molecule has 0 heterocycles. The predicted molar refractivity (Wildman–Crippen MR) is 66.6 cm³/mol. The summed E-state index contributed by atoms with van der Waals surface area (Å²) < 4.78 is 35.4. The van der Waals surface area contributed by atoms with E-state index in [1.165, 1.54) is 0 Å². The Hall–Kier alpha value is -0.500. The van der Waals surface area contributed by atoms with Gasteiger partial charge in [0.25, 0.3) is 0 Å². The molecule has 0 aromatic rings. The lowest BCUT2D eigenvalue weighted by Gasteiger charge is -2.18. The number of nitrogens with one attached hydrogen (secondary N) is 1. The second-order valence-electron chi connectivity index (χ2n) is 3.71. The van der Waals surface area contributed by atoms with Crippen molar-refractivity contribution in [1.29, 1.82) is 0 Å². The van der Waals surface area contributed by atoms with Gasteiger partial charge in [-0.3, -0.25) is 4.79 Å². The van der Waals surface area contributed by atoms with E-state index in [4.69, 9.17) is 18.0 Å². The standard InChI is InChI=1S/C9H15F3N2OS2/c1-5(2)6(7(13)16)8(15)14-3-4-17-9(10,11)12/h5-6H,3-4H2,1-2H3,(H2,13,16)(H,14,15). The number of carbonyl (C=O) groups is 1. The number of halogens is 3. The first-order valence-corrected chi connectivity index (χ1v) is 6.32. The van der Waals surface area contributed by atoms with Crippen molar-refractivity contribution in [2.45, 2.75) is 19.4 Å². The van der Waals surface area contributed by atoms with Crippen molar-refractivity contribution in [2.75, 3.05) is 12.3 Å². The Labute approximate surface area is 108 Å². The van der Waals surface area contributed by atoms with Crippen molar-refractivity contribution in [2.24, 2.45) is 17.6 Å². The van der Waals surface area contributed by atoms with Crippen LogP contribution in [-0.2, 0) is 4.79 Å². The monoisotopic (exact) mass is 288 g/mol. The topological polar surface area (TPSA) is 55.1 Å². The summed E-state index contributed by atoms with van der Waals surface area (Å²) in [6.07, 6.45) is 0. The Morgan fingerprint density at radius 3 is 2.35 bits per heavy atom. The van der Waals surface area contributed by atoms with Gasteiger partial charge in [-0.25, -0.2) is 0 Å². The minimum atomic E-state index is -4.27. The van der Waals surface area contributed by atoms with E-state index in [2.05, 4.69) is 5.32 Å². The number of alkyl halides is 3. The van der Waals surface area contributed by atoms with Gasteiger partial charge < -0.3 is 11.1 Å². The highest BCUT2D eigenvalue weighted by molar-refractivity contribution is 8.00. The zero-order chi connectivity index (χ0) is 13.6. The maximum Gasteiger partial charge on any atom is 0.441 e. The van der Waals surface area contributed by atoms with Crippen LogP contribution in [0.3, 0.4) is 0 Å². The van der Waals surface area contributed by atoms with Crippen molar-refractivity contribution in [3.8, 4) is 0 Å². The van der Waals surface area contributed by atoms with Gasteiger partial charge in [-0.15, -0.1) is 0 Å². The Balaban J connectivity index is 4.04. The molecule has 0 aliphatic carbocycles. The van der Waals surface area contributed by atoms with Gasteiger partial charge in [0.2, 0.25) is 5.91 Å². The average molecular weight is 288 g/mol. The molecule has 0 saturated carbocycles. The van der Waals surface area contributed by atoms with Crippen LogP contribution in [0.4, 0.5) is 13.2 Å². The number of hydrogen-bond donors (Lipinski definition) is 2. The van der Waals surface area contributed by atoms with Crippen LogP contribution in [-0.4, -0.2) is 28.7 Å². The molecule has 0 fully saturated rings. The molecule has 17 heavy (non-hydrogen) atoms. The maximum atomic E-state index is 11.8. The van der Waals surface area contributed by atoms with Crippen molar-refractivity contribution in [3.63, 3.8) is 0 Å². The first-order valence-electron chi connectivity index (χ1n) is 4.93. The Kier molecular flexibility index (Phi) is 6.84. The molecule has 1 amide bonds. The molecule has 0 saturated heterocycles. The number of hydrogen-bond acceptors (Lipinski definition) is 3. The summed E-state index contributed by atoms with van der Waals surface area (Å²) in [5.74, 6) is -1.36. The van der Waals surface area contributed by atoms with Crippen LogP contribution in [0.2, 0.25) is 0 Å². The first-order chi connectivity index (χ1) is 7.65. The molecule has 0 aliphatic heterocycles. The van der Waals surface area contributed by atoms with E-state index < -0.39 is 17.3 Å². The van der Waals surface area contributed by atoms with Gasteiger partial charge in [0.1, 0.15) is 0 Å². The number of nitrogens with two attached hydrogens (primary N) is 1. The van der Waals surface area contributed by atoms with Gasteiger partial charge in [-0.2, -0.15) is 13.2 Å². The van der Waals surface area contributed by atoms with Crippen molar-refractivity contribution >= 4 is 34.9 Å². The van der Waals surface area contributed by atoms with E-state index in [1.54, 1.807) is 13.8 Å². The second-order valence-corrected chi connectivity index (χ2v) is 5.34. The number of amides is 1. The number of rotatable bonds is 6. The summed E-state index contributed by atoms with van der Waals surface area (Å²) >= 11 is 4.56. The van der Waals surface area contributed by atoms with Crippen molar-refractivity contribution < 1.29 is 18.0 Å². The van der Waals surface area contributed by atoms with Gasteiger partial charge in [-0.05, 0) is 17.7 Å². The lowest BCUT2D eigenvalue weighted by Crippen LogP contribution is -2.41. The number of thiocarbonyl (C=S) groups is 1. The Morgan fingerprint density at radius 2 is 2.00 bits per heavy atom. The maximum absolute atomic E-state index is 11.8. The third-order valence-electron chi connectivity index (χ3n) is 1.92. The number of carbonyl (C=O) groups excluding carboxylic acids is 1. The molecule has 0 aromatic carbocycles. The zero-order valence-electron chi connectivity index (χ0n) is 9.50. The van der Waals surface area contributed by atoms with Crippen molar-refractivity contribution in [1.82, 2.24) is 5.32 Å². The molecular formula is C9H15F3N2OS2. The summed E-state index contributed by atoms with van der Waals surface area (Å²) in [4.78, 5) is 11.6. The van der Waals surface area contributed by atoms with E-state index >= 15 is 0 Å². The van der Waals surface area contributed by atoms with Crippen LogP contribution in [0, 0.1) is 11.8 Å². The molecule has 0 aromatic heterocycles. The van der Waals surface area contributed by atoms with E-state index in [-0.39, 0.29) is 35.0 Å². The van der Waals surface area contributed by atoms with E-state index in [0.29, 0.717) is 0 Å². The molecule has 0 rings (SSSR count). The van der Waals surface area contributed by atoms with Gasteiger partial charge in [-0.1, -0.05) is 26.1 Å². The third-order valence-corrected chi connectivity index (χ3v) is 2.91. The van der Waals surface area contributed by atoms with Gasteiger partial charge in [0.05, 0.1) is 10.9 Å². The predicted octanol–water partition coefficient (Wildman–Crippen LogP) is 1.91. The lowest BCUT2D eigenvalue weighted by molar-refractivity contribution is -0.123. The summed E-state index contributed by atoms with van der Waals surface area (Å²) in [5.41, 5.74) is 1.12. The largest absolute Gasteiger partial charge is 0.441 e. The Morgan fingerprint density at radius 1 is 1.47 bits per heavy atom. The summed E-state index contributed by atoms with van der Waals surface area (Å²) in [6.45, 7) is 3.48. The quantitative estimate of drug-likeness (QED) is 0.579. The first kappa shape index (κ1) is 16.5. The molecule has 0 aliphatic rings. The minimum absolute atomic E-state index is 0.0565. The third kappa shape index (κ3) is 7.43. The van der Waals surface area contributed by atoms with Crippen LogP contribution < -0.4 is 11.1 Å². The molecule has 0 radical (unpaired) electrons. The van der Waals surface area contributed by atoms with Crippen LogP contribution >= 0.6 is 24.0 Å². The molecule has 3 nitrogen and oxygen atoms in total. The van der Waals surface area contributed by atoms with Gasteiger partial charge in [0, 0.05) is 12.3 Å². The smallest absolute Gasteiger partial charge is 0.393 e. The minimum Gasteiger partial charge on any atom is -0.393 e. The van der Waals surface area contributed by atoms with Crippen LogP contribution in [0.1, 0.15) is 13.8 Å². The van der Waals surface area contributed by atoms with Crippen LogP contribution in [0.25, 0.3) is 0 Å². The highest BCUT2D eigenvalue weighted by Crippen LogP contribution is 2.29. The molecule has 3 N–H and O–H groups in total. The lowest BCUT2D eigenvalue weighted by atomic mass is 9.95. The van der Waals surface area contributed by atoms with Crippen LogP contribution in [0.15, 0.2) is 0 Å². The van der Waals surface area contributed by atoms with Crippen LogP contribution in [0.5, 0.6) is 0 Å². The molecule has 0 spiro atoms. The fraction of sp³-hybridized carbons (Fsp3) is 0.778. The molecule has 0 bridgehead atoms. The van der Waals surface area contributed by atoms with Gasteiger partial charge >= 0.3 is 5.51 Å². The molecule has 1 atom stereocenters. The Bertz CT molecular complexity index is 282. The highest BCUT2D eigenvalue weighted by atomic mass is 32.2. The molecular weight excluding hydrogens is 273 g/mol. The number of thioether (sulfide) groups is 1. The van der Waals surface area contributed by atoms with Crippen molar-refractivity contribution in [3.05, 3.63) is 0 Å². The van der Waals surface area contributed by atoms with E-state index in [0.717, 1.165) is 0 Å². The summed E-state index contributed by atoms with van der Waals surface area (Å²) in [7, 11) is 0. The molecule has 1 unspecified atom stereocenters. The zero-order valence-corrected chi connectivity index (χ0v) is 11.1. The van der Waals surface area contributed by atoms with E-state index in [9.17, 15) is 18.0 Å². The summed E-state index contributed by atoms with van der Waals surface area (Å²) in [5, 5.41) is 2.39. The SMILES string of the molecule is CC(C)C(C(=O)NCCSC(F)(F)F)C(N)=S. The summed E-state index contributed by atoms with van der Waals surface area (Å²) in [6, 6.07) is 0. The second kappa shape index (κ2) is 7.05. The molecule has 8 heteroatoms. The molecule has 100 valence electrons. The fourth-order valence-corrected chi connectivity index (χ4v) is 2.03. The van der Waals surface area contributed by atoms with E-state index in [1.807, 2.05) is 0 Å². The average Bonchev–Trinajstić information content (AvgIpc) is 2.09. The van der Waals surface area contributed by atoms with Gasteiger partial charge in [0.15, 0.2) is 0 Å². The fourth-order valence-electron chi connectivity index (χ4n) is 1.21. The normalized spacial score (nSPS) is 13.5.